The first kappa shape index (κ1) is 11.8. The van der Waals surface area contributed by atoms with Crippen molar-refractivity contribution in [2.45, 2.75) is 39.0 Å². The van der Waals surface area contributed by atoms with Crippen molar-refractivity contribution < 1.29 is 14.4 Å². The lowest BCUT2D eigenvalue weighted by atomic mass is 10.0. The summed E-state index contributed by atoms with van der Waals surface area (Å²) in [6.07, 6.45) is 5.45. The van der Waals surface area contributed by atoms with E-state index in [0.717, 1.165) is 36.3 Å². The minimum absolute atomic E-state index is 0.198. The van der Waals surface area contributed by atoms with E-state index in [0.29, 0.717) is 6.54 Å². The van der Waals surface area contributed by atoms with Crippen molar-refractivity contribution in [1.82, 2.24) is 9.80 Å². The monoisotopic (exact) mass is 236 g/mol. The van der Waals surface area contributed by atoms with E-state index in [9.17, 15) is 14.4 Å². The molecule has 0 aromatic heterocycles. The molecule has 0 N–H and O–H groups in total. The SMILES string of the molecule is CCN1C(=O)CC(=O)N(C2=CCCCC2)C1=O. The molecule has 1 heterocycles. The molecule has 0 saturated carbocycles. The fourth-order valence-corrected chi connectivity index (χ4v) is 2.26. The Balaban J connectivity index is 2.26. The first-order valence-corrected chi connectivity index (χ1v) is 6.01. The van der Waals surface area contributed by atoms with Gasteiger partial charge in [0.1, 0.15) is 6.42 Å². The molecule has 1 fully saturated rings. The lowest BCUT2D eigenvalue weighted by molar-refractivity contribution is -0.141. The van der Waals surface area contributed by atoms with E-state index in [-0.39, 0.29) is 6.42 Å². The second kappa shape index (κ2) is 4.69. The molecule has 2 aliphatic rings. The molecule has 5 nitrogen and oxygen atoms in total. The maximum absolute atomic E-state index is 12.0. The highest BCUT2D eigenvalue weighted by Gasteiger charge is 2.38. The zero-order chi connectivity index (χ0) is 12.4. The predicted molar refractivity (Wildman–Crippen MR) is 60.8 cm³/mol. The van der Waals surface area contributed by atoms with Gasteiger partial charge in [-0.1, -0.05) is 6.08 Å². The maximum Gasteiger partial charge on any atom is 0.337 e. The van der Waals surface area contributed by atoms with Crippen molar-refractivity contribution in [2.75, 3.05) is 6.54 Å². The number of carbonyl (C=O) groups is 3. The van der Waals surface area contributed by atoms with Crippen LogP contribution in [0.1, 0.15) is 39.0 Å². The number of hydrogen-bond acceptors (Lipinski definition) is 3. The Morgan fingerprint density at radius 3 is 2.53 bits per heavy atom. The Labute approximate surface area is 100 Å². The van der Waals surface area contributed by atoms with E-state index in [1.807, 2.05) is 6.08 Å². The Hall–Kier alpha value is -1.65. The number of barbiturate groups is 1. The van der Waals surface area contributed by atoms with Crippen molar-refractivity contribution in [3.63, 3.8) is 0 Å². The molecule has 0 radical (unpaired) electrons. The summed E-state index contributed by atoms with van der Waals surface area (Å²) >= 11 is 0. The highest BCUT2D eigenvalue weighted by Crippen LogP contribution is 2.25. The molecule has 0 atom stereocenters. The molecule has 0 spiro atoms. The van der Waals surface area contributed by atoms with Gasteiger partial charge in [0.15, 0.2) is 0 Å². The van der Waals surface area contributed by atoms with E-state index in [1.54, 1.807) is 6.92 Å². The number of nitrogens with zero attached hydrogens (tertiary/aromatic N) is 2. The van der Waals surface area contributed by atoms with Crippen LogP contribution in [0, 0.1) is 0 Å². The molecule has 5 heteroatoms. The molecule has 0 aromatic rings. The van der Waals surface area contributed by atoms with Crippen molar-refractivity contribution in [2.24, 2.45) is 0 Å². The third kappa shape index (κ3) is 2.09. The summed E-state index contributed by atoms with van der Waals surface area (Å²) in [5.74, 6) is -0.784. The van der Waals surface area contributed by atoms with E-state index in [1.165, 1.54) is 4.90 Å². The van der Waals surface area contributed by atoms with Crippen LogP contribution in [0.2, 0.25) is 0 Å². The van der Waals surface area contributed by atoms with Crippen LogP contribution in [0.3, 0.4) is 0 Å². The number of carbonyl (C=O) groups excluding carboxylic acids is 3. The largest absolute Gasteiger partial charge is 0.337 e. The molecule has 92 valence electrons. The van der Waals surface area contributed by atoms with Crippen LogP contribution in [-0.4, -0.2) is 34.2 Å². The zero-order valence-electron chi connectivity index (χ0n) is 9.94. The van der Waals surface area contributed by atoms with Gasteiger partial charge >= 0.3 is 6.03 Å². The number of amides is 4. The minimum atomic E-state index is -0.484. The van der Waals surface area contributed by atoms with E-state index < -0.39 is 17.8 Å². The van der Waals surface area contributed by atoms with Crippen LogP contribution < -0.4 is 0 Å². The molecule has 1 aliphatic heterocycles. The number of imide groups is 2. The van der Waals surface area contributed by atoms with Gasteiger partial charge in [-0.2, -0.15) is 0 Å². The van der Waals surface area contributed by atoms with Gasteiger partial charge in [0.25, 0.3) is 0 Å². The third-order valence-electron chi connectivity index (χ3n) is 3.15. The van der Waals surface area contributed by atoms with E-state index >= 15 is 0 Å². The summed E-state index contributed by atoms with van der Waals surface area (Å²) in [5.41, 5.74) is 0.761. The van der Waals surface area contributed by atoms with Crippen LogP contribution in [0.25, 0.3) is 0 Å². The first-order chi connectivity index (χ1) is 8.15. The van der Waals surface area contributed by atoms with Crippen LogP contribution >= 0.6 is 0 Å². The highest BCUT2D eigenvalue weighted by molar-refractivity contribution is 6.15. The summed E-state index contributed by atoms with van der Waals surface area (Å²) < 4.78 is 0. The molecule has 0 bridgehead atoms. The van der Waals surface area contributed by atoms with Crippen LogP contribution in [-0.2, 0) is 9.59 Å². The lowest BCUT2D eigenvalue weighted by Gasteiger charge is -2.34. The fraction of sp³-hybridized carbons (Fsp3) is 0.583. The van der Waals surface area contributed by atoms with E-state index in [4.69, 9.17) is 0 Å². The van der Waals surface area contributed by atoms with Crippen LogP contribution in [0.15, 0.2) is 11.8 Å². The summed E-state index contributed by atoms with van der Waals surface area (Å²) in [7, 11) is 0. The average molecular weight is 236 g/mol. The van der Waals surface area contributed by atoms with Gasteiger partial charge in [-0.3, -0.25) is 14.5 Å². The third-order valence-corrected chi connectivity index (χ3v) is 3.15. The van der Waals surface area contributed by atoms with Gasteiger partial charge in [-0.25, -0.2) is 9.69 Å². The molecular formula is C12H16N2O3. The van der Waals surface area contributed by atoms with Crippen molar-refractivity contribution in [3.05, 3.63) is 11.8 Å². The quantitative estimate of drug-likeness (QED) is 0.685. The average Bonchev–Trinajstić information content (AvgIpc) is 2.30. The Bertz CT molecular complexity index is 401. The molecular weight excluding hydrogens is 220 g/mol. The summed E-state index contributed by atoms with van der Waals surface area (Å²) in [4.78, 5) is 37.7. The van der Waals surface area contributed by atoms with Crippen LogP contribution in [0.4, 0.5) is 4.79 Å². The Kier molecular flexibility index (Phi) is 3.26. The number of urea groups is 1. The Morgan fingerprint density at radius 1 is 1.18 bits per heavy atom. The zero-order valence-corrected chi connectivity index (χ0v) is 9.94. The molecule has 0 unspecified atom stereocenters. The van der Waals surface area contributed by atoms with Crippen molar-refractivity contribution >= 4 is 17.8 Å². The van der Waals surface area contributed by atoms with Gasteiger partial charge in [0.05, 0.1) is 0 Å². The molecule has 0 aromatic carbocycles. The van der Waals surface area contributed by atoms with Gasteiger partial charge in [-0.15, -0.1) is 0 Å². The lowest BCUT2D eigenvalue weighted by Crippen LogP contribution is -2.54. The Morgan fingerprint density at radius 2 is 1.94 bits per heavy atom. The van der Waals surface area contributed by atoms with Gasteiger partial charge in [-0.05, 0) is 32.6 Å². The van der Waals surface area contributed by atoms with Gasteiger partial charge < -0.3 is 0 Å². The summed E-state index contributed by atoms with van der Waals surface area (Å²) in [5, 5.41) is 0. The molecule has 2 rings (SSSR count). The molecule has 1 saturated heterocycles. The van der Waals surface area contributed by atoms with E-state index in [2.05, 4.69) is 0 Å². The standard InChI is InChI=1S/C12H16N2O3/c1-2-13-10(15)8-11(16)14(12(13)17)9-6-4-3-5-7-9/h6H,2-5,7-8H2,1H3. The van der Waals surface area contributed by atoms with Gasteiger partial charge in [0, 0.05) is 12.2 Å². The number of rotatable bonds is 2. The summed E-state index contributed by atoms with van der Waals surface area (Å²) in [6.45, 7) is 2.05. The highest BCUT2D eigenvalue weighted by atomic mass is 16.2. The number of hydrogen-bond donors (Lipinski definition) is 0. The number of allylic oxidation sites excluding steroid dienone is 2. The molecule has 1 aliphatic carbocycles. The normalized spacial score (nSPS) is 21.9. The maximum atomic E-state index is 12.0. The minimum Gasteiger partial charge on any atom is -0.274 e. The predicted octanol–water partition coefficient (Wildman–Crippen LogP) is 1.65. The molecule has 4 amide bonds. The van der Waals surface area contributed by atoms with Crippen molar-refractivity contribution in [1.29, 1.82) is 0 Å². The van der Waals surface area contributed by atoms with Crippen molar-refractivity contribution in [3.8, 4) is 0 Å². The fourth-order valence-electron chi connectivity index (χ4n) is 2.26. The smallest absolute Gasteiger partial charge is 0.274 e. The topological polar surface area (TPSA) is 57.7 Å². The van der Waals surface area contributed by atoms with Crippen LogP contribution in [0.5, 0.6) is 0 Å². The summed E-state index contributed by atoms with van der Waals surface area (Å²) in [6, 6.07) is -0.484. The first-order valence-electron chi connectivity index (χ1n) is 6.01. The van der Waals surface area contributed by atoms with Gasteiger partial charge in [0.2, 0.25) is 11.8 Å². The second-order valence-corrected chi connectivity index (χ2v) is 4.27. The second-order valence-electron chi connectivity index (χ2n) is 4.27. The molecule has 17 heavy (non-hydrogen) atoms.